The Kier molecular flexibility index (Phi) is 4.27. The Morgan fingerprint density at radius 3 is 3.00 bits per heavy atom. The van der Waals surface area contributed by atoms with Crippen LogP contribution in [0.25, 0.3) is 0 Å². The van der Waals surface area contributed by atoms with Gasteiger partial charge in [0.25, 0.3) is 5.91 Å². The van der Waals surface area contributed by atoms with Crippen LogP contribution in [-0.2, 0) is 19.4 Å². The first-order chi connectivity index (χ1) is 10.7. The molecule has 0 aromatic carbocycles. The summed E-state index contributed by atoms with van der Waals surface area (Å²) in [6.07, 6.45) is 7.79. The molecule has 0 fully saturated rings. The molecule has 3 N–H and O–H groups in total. The molecular formula is C14H19N7O. The standard InChI is InChI=1S/C14H19N7O/c15-14-19-11-5-2-1-4-10(11)12(20-14)13(22)17-6-3-7-21-9-16-8-18-21/h8-9H,1-7H2,(H,17,22)(H2,15,19,20). The highest BCUT2D eigenvalue weighted by Crippen LogP contribution is 2.22. The molecule has 2 aromatic rings. The first-order valence-electron chi connectivity index (χ1n) is 7.50. The van der Waals surface area contributed by atoms with Gasteiger partial charge in [0.15, 0.2) is 0 Å². The van der Waals surface area contributed by atoms with E-state index in [1.165, 1.54) is 6.33 Å². The number of nitrogens with one attached hydrogen (secondary N) is 1. The fourth-order valence-corrected chi connectivity index (χ4v) is 2.68. The first kappa shape index (κ1) is 14.4. The summed E-state index contributed by atoms with van der Waals surface area (Å²) in [6, 6.07) is 0. The Bertz CT molecular complexity index is 653. The molecule has 2 heterocycles. The zero-order chi connectivity index (χ0) is 15.4. The summed E-state index contributed by atoms with van der Waals surface area (Å²) in [5, 5.41) is 6.91. The van der Waals surface area contributed by atoms with Gasteiger partial charge in [-0.25, -0.2) is 15.0 Å². The average Bonchev–Trinajstić information content (AvgIpc) is 3.04. The molecule has 22 heavy (non-hydrogen) atoms. The van der Waals surface area contributed by atoms with Crippen molar-refractivity contribution >= 4 is 11.9 Å². The van der Waals surface area contributed by atoms with Crippen LogP contribution in [0.3, 0.4) is 0 Å². The molecule has 1 aliphatic carbocycles. The van der Waals surface area contributed by atoms with Crippen molar-refractivity contribution in [3.63, 3.8) is 0 Å². The van der Waals surface area contributed by atoms with Crippen LogP contribution in [-0.4, -0.2) is 37.2 Å². The van der Waals surface area contributed by atoms with E-state index in [0.717, 1.165) is 43.4 Å². The molecule has 1 aliphatic rings. The quantitative estimate of drug-likeness (QED) is 0.771. The molecule has 2 aromatic heterocycles. The number of nitrogens with two attached hydrogens (primary N) is 1. The lowest BCUT2D eigenvalue weighted by atomic mass is 9.94. The van der Waals surface area contributed by atoms with Crippen LogP contribution in [0.4, 0.5) is 5.95 Å². The molecule has 0 radical (unpaired) electrons. The minimum Gasteiger partial charge on any atom is -0.368 e. The lowest BCUT2D eigenvalue weighted by molar-refractivity contribution is 0.0946. The number of rotatable bonds is 5. The van der Waals surface area contributed by atoms with E-state index < -0.39 is 0 Å². The minimum absolute atomic E-state index is 0.174. The van der Waals surface area contributed by atoms with Crippen LogP contribution >= 0.6 is 0 Å². The largest absolute Gasteiger partial charge is 0.368 e. The molecule has 1 amide bonds. The van der Waals surface area contributed by atoms with Gasteiger partial charge < -0.3 is 11.1 Å². The van der Waals surface area contributed by atoms with Gasteiger partial charge in [0.05, 0.1) is 0 Å². The fourth-order valence-electron chi connectivity index (χ4n) is 2.68. The van der Waals surface area contributed by atoms with Crippen LogP contribution in [0.5, 0.6) is 0 Å². The number of hydrogen-bond donors (Lipinski definition) is 2. The lowest BCUT2D eigenvalue weighted by Gasteiger charge is -2.17. The van der Waals surface area contributed by atoms with E-state index in [1.54, 1.807) is 11.0 Å². The minimum atomic E-state index is -0.175. The maximum atomic E-state index is 12.3. The number of carbonyl (C=O) groups excluding carboxylic acids is 1. The van der Waals surface area contributed by atoms with Gasteiger partial charge in [-0.3, -0.25) is 9.48 Å². The number of aryl methyl sites for hydroxylation is 2. The molecule has 0 atom stereocenters. The van der Waals surface area contributed by atoms with Crippen molar-refractivity contribution in [2.75, 3.05) is 12.3 Å². The Labute approximate surface area is 128 Å². The van der Waals surface area contributed by atoms with Crippen molar-refractivity contribution in [2.24, 2.45) is 0 Å². The second-order valence-electron chi connectivity index (χ2n) is 5.33. The van der Waals surface area contributed by atoms with E-state index >= 15 is 0 Å². The summed E-state index contributed by atoms with van der Waals surface area (Å²) < 4.78 is 1.73. The molecule has 3 rings (SSSR count). The normalized spacial score (nSPS) is 13.6. The molecule has 116 valence electrons. The molecule has 0 aliphatic heterocycles. The predicted octanol–water partition coefficient (Wildman–Crippen LogP) is 0.349. The van der Waals surface area contributed by atoms with Crippen LogP contribution < -0.4 is 11.1 Å². The summed E-state index contributed by atoms with van der Waals surface area (Å²) in [6.45, 7) is 1.27. The van der Waals surface area contributed by atoms with Crippen LogP contribution in [0, 0.1) is 0 Å². The van der Waals surface area contributed by atoms with E-state index in [4.69, 9.17) is 5.73 Å². The number of amides is 1. The van der Waals surface area contributed by atoms with Gasteiger partial charge in [0, 0.05) is 24.3 Å². The summed E-state index contributed by atoms with van der Waals surface area (Å²) in [4.78, 5) is 24.6. The van der Waals surface area contributed by atoms with Crippen molar-refractivity contribution in [3.05, 3.63) is 29.6 Å². The predicted molar refractivity (Wildman–Crippen MR) is 80.1 cm³/mol. The SMILES string of the molecule is Nc1nc2c(c(C(=O)NCCCn3cncn3)n1)CCCC2. The number of nitrogens with zero attached hydrogens (tertiary/aromatic N) is 5. The van der Waals surface area contributed by atoms with Gasteiger partial charge in [-0.15, -0.1) is 0 Å². The highest BCUT2D eigenvalue weighted by atomic mass is 16.1. The Morgan fingerprint density at radius 2 is 2.18 bits per heavy atom. The maximum absolute atomic E-state index is 12.3. The van der Waals surface area contributed by atoms with Crippen molar-refractivity contribution < 1.29 is 4.79 Å². The first-order valence-corrected chi connectivity index (χ1v) is 7.50. The van der Waals surface area contributed by atoms with Crippen molar-refractivity contribution in [3.8, 4) is 0 Å². The van der Waals surface area contributed by atoms with Gasteiger partial charge in [0.2, 0.25) is 5.95 Å². The smallest absolute Gasteiger partial charge is 0.270 e. The molecule has 0 saturated heterocycles. The number of anilines is 1. The Morgan fingerprint density at radius 1 is 1.32 bits per heavy atom. The van der Waals surface area contributed by atoms with Crippen LogP contribution in [0.2, 0.25) is 0 Å². The summed E-state index contributed by atoms with van der Waals surface area (Å²) >= 11 is 0. The Balaban J connectivity index is 1.61. The summed E-state index contributed by atoms with van der Waals surface area (Å²) in [7, 11) is 0. The molecular weight excluding hydrogens is 282 g/mol. The summed E-state index contributed by atoms with van der Waals surface area (Å²) in [5.41, 5.74) is 8.03. The van der Waals surface area contributed by atoms with Crippen molar-refractivity contribution in [2.45, 2.75) is 38.6 Å². The zero-order valence-electron chi connectivity index (χ0n) is 12.3. The topological polar surface area (TPSA) is 112 Å². The van der Waals surface area contributed by atoms with E-state index in [1.807, 2.05) is 0 Å². The Hall–Kier alpha value is -2.51. The second kappa shape index (κ2) is 6.50. The van der Waals surface area contributed by atoms with Gasteiger partial charge in [-0.1, -0.05) is 0 Å². The molecule has 0 bridgehead atoms. The van der Waals surface area contributed by atoms with Crippen LogP contribution in [0.1, 0.15) is 41.0 Å². The van der Waals surface area contributed by atoms with Crippen molar-refractivity contribution in [1.29, 1.82) is 0 Å². The van der Waals surface area contributed by atoms with E-state index in [2.05, 4.69) is 25.4 Å². The van der Waals surface area contributed by atoms with Gasteiger partial charge in [0.1, 0.15) is 18.3 Å². The fraction of sp³-hybridized carbons (Fsp3) is 0.500. The van der Waals surface area contributed by atoms with Crippen molar-refractivity contribution in [1.82, 2.24) is 30.0 Å². The van der Waals surface area contributed by atoms with Gasteiger partial charge in [-0.2, -0.15) is 5.10 Å². The average molecular weight is 301 g/mol. The van der Waals surface area contributed by atoms with E-state index in [-0.39, 0.29) is 11.9 Å². The van der Waals surface area contributed by atoms with E-state index in [9.17, 15) is 4.79 Å². The zero-order valence-corrected chi connectivity index (χ0v) is 12.3. The van der Waals surface area contributed by atoms with Crippen LogP contribution in [0.15, 0.2) is 12.7 Å². The highest BCUT2D eigenvalue weighted by molar-refractivity contribution is 5.94. The molecule has 0 unspecified atom stereocenters. The third-order valence-electron chi connectivity index (χ3n) is 3.73. The van der Waals surface area contributed by atoms with E-state index in [0.29, 0.717) is 18.8 Å². The number of fused-ring (bicyclic) bond motifs is 1. The summed E-state index contributed by atoms with van der Waals surface area (Å²) in [5.74, 6) is -0.000689. The number of carbonyl (C=O) groups is 1. The number of aromatic nitrogens is 5. The molecule has 0 saturated carbocycles. The third-order valence-corrected chi connectivity index (χ3v) is 3.73. The number of nitrogen functional groups attached to an aromatic ring is 1. The highest BCUT2D eigenvalue weighted by Gasteiger charge is 2.21. The third kappa shape index (κ3) is 3.21. The maximum Gasteiger partial charge on any atom is 0.270 e. The molecule has 8 heteroatoms. The monoisotopic (exact) mass is 301 g/mol. The number of hydrogen-bond acceptors (Lipinski definition) is 6. The lowest BCUT2D eigenvalue weighted by Crippen LogP contribution is -2.29. The van der Waals surface area contributed by atoms with Gasteiger partial charge >= 0.3 is 0 Å². The molecule has 0 spiro atoms. The second-order valence-corrected chi connectivity index (χ2v) is 5.33. The van der Waals surface area contributed by atoms with Gasteiger partial charge in [-0.05, 0) is 32.1 Å². The molecule has 8 nitrogen and oxygen atoms in total.